The number of phenols is 2. The lowest BCUT2D eigenvalue weighted by atomic mass is 9.97. The van der Waals surface area contributed by atoms with Crippen molar-refractivity contribution in [2.75, 3.05) is 20.8 Å². The van der Waals surface area contributed by atoms with Crippen LogP contribution in [0.3, 0.4) is 0 Å². The van der Waals surface area contributed by atoms with Crippen molar-refractivity contribution in [1.29, 1.82) is 0 Å². The molecule has 2 aromatic carbocycles. The number of aromatic hydroxyl groups is 2. The summed E-state index contributed by atoms with van der Waals surface area (Å²) in [5.74, 6) is -1.69. The third-order valence-corrected chi connectivity index (χ3v) is 7.55. The largest absolute Gasteiger partial charge is 0.507 e. The minimum Gasteiger partial charge on any atom is -0.507 e. The van der Waals surface area contributed by atoms with Crippen LogP contribution in [-0.4, -0.2) is 123 Å². The molecule has 0 bridgehead atoms. The first-order chi connectivity index (χ1) is 20.4. The number of hydrogen-bond donors (Lipinski definition) is 8. The Morgan fingerprint density at radius 2 is 1.53 bits per heavy atom. The quantitative estimate of drug-likeness (QED) is 0.140. The highest BCUT2D eigenvalue weighted by Gasteiger charge is 2.51. The van der Waals surface area contributed by atoms with Crippen molar-refractivity contribution in [3.63, 3.8) is 0 Å². The number of hydrogen-bond acceptors (Lipinski definition) is 16. The van der Waals surface area contributed by atoms with E-state index >= 15 is 0 Å². The summed E-state index contributed by atoms with van der Waals surface area (Å²) in [4.78, 5) is 13.5. The molecule has 0 unspecified atom stereocenters. The Bertz CT molecular complexity index is 1540. The van der Waals surface area contributed by atoms with Crippen molar-refractivity contribution >= 4 is 21.9 Å². The van der Waals surface area contributed by atoms with Gasteiger partial charge < -0.3 is 73.7 Å². The molecule has 0 spiro atoms. The number of rotatable bonds is 7. The van der Waals surface area contributed by atoms with Gasteiger partial charge in [-0.2, -0.15) is 0 Å². The second-order valence-electron chi connectivity index (χ2n) is 10.2. The molecule has 0 saturated carbocycles. The molecule has 2 aliphatic heterocycles. The molecular formula is C27H32O16. The first kappa shape index (κ1) is 31.0. The van der Waals surface area contributed by atoms with E-state index in [-0.39, 0.29) is 33.8 Å². The van der Waals surface area contributed by atoms with Gasteiger partial charge in [-0.15, -0.1) is 0 Å². The molecule has 3 heterocycles. The molecule has 0 amide bonds. The third kappa shape index (κ3) is 5.20. The second-order valence-corrected chi connectivity index (χ2v) is 10.2. The van der Waals surface area contributed by atoms with Crippen molar-refractivity contribution in [3.8, 4) is 28.7 Å². The summed E-state index contributed by atoms with van der Waals surface area (Å²) in [5.41, 5.74) is -1.36. The fourth-order valence-electron chi connectivity index (χ4n) is 5.13. The maximum atomic E-state index is 13.5. The van der Waals surface area contributed by atoms with E-state index in [1.54, 1.807) is 0 Å². The maximum absolute atomic E-state index is 13.5. The highest BCUT2D eigenvalue weighted by atomic mass is 16.8. The van der Waals surface area contributed by atoms with Crippen LogP contribution < -0.4 is 19.6 Å². The highest BCUT2D eigenvalue weighted by Crippen LogP contribution is 2.44. The standard InChI is InChI=1S/C27H32O16/c1-8-16(30)20(34)22(36)26(39-8)43-25-21(35)18(32)13(7-28)41-27(25)42-23-12(38-3)6-9(29)14-19(33)15-10(40-24(14)23)4-5-11(37-2)17(15)31/h4-6,8,13,16,18,20-22,25-32,34-36H,7H2,1-3H3/t8-,13-,16-,18-,20-,21-,22-,25-,26-,27-/m0/s1. The predicted octanol–water partition coefficient (Wildman–Crippen LogP) is -1.59. The van der Waals surface area contributed by atoms with Gasteiger partial charge in [0.25, 0.3) is 0 Å². The van der Waals surface area contributed by atoms with Gasteiger partial charge in [0, 0.05) is 6.07 Å². The summed E-state index contributed by atoms with van der Waals surface area (Å²) in [5, 5.41) is 82.6. The van der Waals surface area contributed by atoms with Crippen LogP contribution in [0.1, 0.15) is 6.92 Å². The van der Waals surface area contributed by atoms with Crippen molar-refractivity contribution in [2.45, 2.75) is 68.3 Å². The summed E-state index contributed by atoms with van der Waals surface area (Å²) < 4.78 is 39.1. The Kier molecular flexibility index (Phi) is 8.59. The summed E-state index contributed by atoms with van der Waals surface area (Å²) in [6, 6.07) is 3.70. The van der Waals surface area contributed by atoms with E-state index in [2.05, 4.69) is 0 Å². The van der Waals surface area contributed by atoms with E-state index in [0.717, 1.165) is 6.07 Å². The van der Waals surface area contributed by atoms with Crippen molar-refractivity contribution in [2.24, 2.45) is 0 Å². The lowest BCUT2D eigenvalue weighted by Crippen LogP contribution is -2.64. The minimum atomic E-state index is -1.84. The van der Waals surface area contributed by atoms with Gasteiger partial charge in [0.15, 0.2) is 35.2 Å². The lowest BCUT2D eigenvalue weighted by Gasteiger charge is -2.45. The average molecular weight is 613 g/mol. The summed E-state index contributed by atoms with van der Waals surface area (Å²) in [7, 11) is 2.50. The molecule has 16 nitrogen and oxygen atoms in total. The average Bonchev–Trinajstić information content (AvgIpc) is 2.99. The normalized spacial score (nSPS) is 33.0. The Morgan fingerprint density at radius 1 is 0.837 bits per heavy atom. The number of ether oxygens (including phenoxy) is 6. The van der Waals surface area contributed by atoms with Crippen LogP contribution in [0.2, 0.25) is 0 Å². The third-order valence-electron chi connectivity index (χ3n) is 7.55. The van der Waals surface area contributed by atoms with Gasteiger partial charge in [0.1, 0.15) is 58.7 Å². The minimum absolute atomic E-state index is 0.0270. The molecule has 3 aromatic rings. The molecule has 0 aliphatic carbocycles. The van der Waals surface area contributed by atoms with Crippen molar-refractivity contribution in [3.05, 3.63) is 28.4 Å². The van der Waals surface area contributed by atoms with Crippen LogP contribution in [0.4, 0.5) is 0 Å². The number of fused-ring (bicyclic) bond motifs is 2. The molecule has 2 saturated heterocycles. The summed E-state index contributed by atoms with van der Waals surface area (Å²) in [6.45, 7) is 0.630. The predicted molar refractivity (Wildman–Crippen MR) is 142 cm³/mol. The summed E-state index contributed by atoms with van der Waals surface area (Å²) >= 11 is 0. The Morgan fingerprint density at radius 3 is 2.19 bits per heavy atom. The van der Waals surface area contributed by atoms with Gasteiger partial charge in [0.05, 0.1) is 26.9 Å². The molecule has 0 radical (unpaired) electrons. The molecule has 1 aromatic heterocycles. The van der Waals surface area contributed by atoms with Crippen LogP contribution >= 0.6 is 0 Å². The van der Waals surface area contributed by atoms with E-state index in [4.69, 9.17) is 32.8 Å². The van der Waals surface area contributed by atoms with Gasteiger partial charge in [-0.05, 0) is 19.1 Å². The maximum Gasteiger partial charge on any atom is 0.230 e. The Balaban J connectivity index is 1.62. The zero-order valence-electron chi connectivity index (χ0n) is 23.1. The van der Waals surface area contributed by atoms with Gasteiger partial charge >= 0.3 is 0 Å². The fraction of sp³-hybridized carbons (Fsp3) is 0.519. The van der Waals surface area contributed by atoms with E-state index in [9.17, 15) is 45.6 Å². The van der Waals surface area contributed by atoms with Crippen LogP contribution in [0, 0.1) is 0 Å². The number of phenolic OH excluding ortho intramolecular Hbond substituents is 2. The van der Waals surface area contributed by atoms with Gasteiger partial charge in [0.2, 0.25) is 17.5 Å². The SMILES string of the molecule is COc1cc(O)c2c(=O)c3c(O)c(OC)ccc3oc2c1O[C@@H]1O[C@@H](CO)[C@H](O)[C@H](O)[C@@H]1O[C@@H]1O[C@@H](C)[C@H](O)[C@H](O)[C@@H]1O. The smallest absolute Gasteiger partial charge is 0.230 e. The van der Waals surface area contributed by atoms with Crippen LogP contribution in [0.25, 0.3) is 21.9 Å². The molecule has 2 fully saturated rings. The number of aliphatic hydroxyl groups excluding tert-OH is 6. The molecular weight excluding hydrogens is 580 g/mol. The Hall–Kier alpha value is -3.45. The first-order valence-electron chi connectivity index (χ1n) is 13.1. The molecule has 236 valence electrons. The van der Waals surface area contributed by atoms with E-state index in [1.165, 1.54) is 33.3 Å². The van der Waals surface area contributed by atoms with Gasteiger partial charge in [-0.1, -0.05) is 0 Å². The molecule has 5 rings (SSSR count). The zero-order valence-corrected chi connectivity index (χ0v) is 23.1. The second kappa shape index (κ2) is 11.9. The molecule has 2 aliphatic rings. The molecule has 43 heavy (non-hydrogen) atoms. The Labute approximate surface area is 242 Å². The van der Waals surface area contributed by atoms with Crippen LogP contribution in [0.5, 0.6) is 28.7 Å². The van der Waals surface area contributed by atoms with Gasteiger partial charge in [-0.25, -0.2) is 0 Å². The number of methoxy groups -OCH3 is 2. The van der Waals surface area contributed by atoms with Gasteiger partial charge in [-0.3, -0.25) is 4.79 Å². The van der Waals surface area contributed by atoms with E-state index in [1.807, 2.05) is 0 Å². The van der Waals surface area contributed by atoms with Crippen LogP contribution in [0.15, 0.2) is 27.4 Å². The zero-order chi connectivity index (χ0) is 31.3. The molecule has 16 heteroatoms. The van der Waals surface area contributed by atoms with Crippen LogP contribution in [-0.2, 0) is 14.2 Å². The fourth-order valence-corrected chi connectivity index (χ4v) is 5.13. The highest BCUT2D eigenvalue weighted by molar-refractivity contribution is 6.00. The first-order valence-corrected chi connectivity index (χ1v) is 13.1. The lowest BCUT2D eigenvalue weighted by molar-refractivity contribution is -0.354. The topological polar surface area (TPSA) is 247 Å². The molecule has 10 atom stereocenters. The number of benzene rings is 2. The monoisotopic (exact) mass is 612 g/mol. The van der Waals surface area contributed by atoms with E-state index < -0.39 is 90.3 Å². The van der Waals surface area contributed by atoms with E-state index in [0.29, 0.717) is 0 Å². The summed E-state index contributed by atoms with van der Waals surface area (Å²) in [6.07, 6.45) is -16.0. The molecule has 8 N–H and O–H groups in total. The van der Waals surface area contributed by atoms with Crippen molar-refractivity contribution < 1.29 is 73.7 Å². The van der Waals surface area contributed by atoms with Crippen molar-refractivity contribution in [1.82, 2.24) is 0 Å². The number of aliphatic hydroxyl groups is 6.